The van der Waals surface area contributed by atoms with Crippen LogP contribution >= 0.6 is 0 Å². The van der Waals surface area contributed by atoms with Crippen molar-refractivity contribution in [1.82, 2.24) is 20.5 Å². The van der Waals surface area contributed by atoms with Gasteiger partial charge >= 0.3 is 0 Å². The molecule has 1 aromatic rings. The van der Waals surface area contributed by atoms with Gasteiger partial charge in [0, 0.05) is 31.0 Å². The molecule has 2 amide bonds. The van der Waals surface area contributed by atoms with E-state index in [0.717, 1.165) is 44.9 Å². The fourth-order valence-electron chi connectivity index (χ4n) is 6.00. The minimum atomic E-state index is -0.662. The fraction of sp³-hybridized carbons (Fsp3) is 0.680. The minimum absolute atomic E-state index is 0.0428. The van der Waals surface area contributed by atoms with Gasteiger partial charge in [0.25, 0.3) is 11.8 Å². The fourth-order valence-corrected chi connectivity index (χ4v) is 6.00. The Morgan fingerprint density at radius 2 is 1.88 bits per heavy atom. The van der Waals surface area contributed by atoms with Gasteiger partial charge < -0.3 is 10.6 Å². The van der Waals surface area contributed by atoms with Gasteiger partial charge in [0.2, 0.25) is 0 Å². The first-order chi connectivity index (χ1) is 15.5. The highest BCUT2D eigenvalue weighted by Crippen LogP contribution is 2.38. The first-order valence-corrected chi connectivity index (χ1v) is 12.3. The van der Waals surface area contributed by atoms with Crippen LogP contribution in [0.25, 0.3) is 0 Å². The van der Waals surface area contributed by atoms with E-state index in [-0.39, 0.29) is 23.8 Å². The number of rotatable bonds is 7. The SMILES string of the molecule is CN1C(=N)N[C@](CCC2CCCCC2)(C[C@H]2CCC[C@@H](NC(=O)c3ccncc3)C2)C1=O. The number of amides is 2. The van der Waals surface area contributed by atoms with Crippen molar-refractivity contribution in [2.45, 2.75) is 88.6 Å². The number of carbonyl (C=O) groups is 2. The average Bonchev–Trinajstić information content (AvgIpc) is 3.03. The summed E-state index contributed by atoms with van der Waals surface area (Å²) in [6.45, 7) is 0. The molecule has 0 spiro atoms. The lowest BCUT2D eigenvalue weighted by Crippen LogP contribution is -2.50. The van der Waals surface area contributed by atoms with Crippen molar-refractivity contribution in [2.24, 2.45) is 11.8 Å². The second-order valence-corrected chi connectivity index (χ2v) is 10.1. The lowest BCUT2D eigenvalue weighted by atomic mass is 9.74. The van der Waals surface area contributed by atoms with E-state index < -0.39 is 5.54 Å². The van der Waals surface area contributed by atoms with E-state index in [4.69, 9.17) is 5.41 Å². The molecule has 3 fully saturated rings. The summed E-state index contributed by atoms with van der Waals surface area (Å²) in [5.74, 6) is 1.27. The van der Waals surface area contributed by atoms with Crippen LogP contribution in [0.2, 0.25) is 0 Å². The van der Waals surface area contributed by atoms with E-state index in [1.54, 1.807) is 31.6 Å². The molecule has 0 unspecified atom stereocenters. The van der Waals surface area contributed by atoms with Crippen molar-refractivity contribution < 1.29 is 9.59 Å². The van der Waals surface area contributed by atoms with Gasteiger partial charge in [0.05, 0.1) is 0 Å². The second-order valence-electron chi connectivity index (χ2n) is 10.1. The van der Waals surface area contributed by atoms with Crippen LogP contribution in [0.15, 0.2) is 24.5 Å². The van der Waals surface area contributed by atoms with Crippen LogP contribution in [-0.4, -0.2) is 46.3 Å². The van der Waals surface area contributed by atoms with Gasteiger partial charge in [-0.3, -0.25) is 24.9 Å². The third-order valence-corrected chi connectivity index (χ3v) is 7.81. The van der Waals surface area contributed by atoms with Crippen molar-refractivity contribution in [3.63, 3.8) is 0 Å². The molecule has 3 aliphatic rings. The minimum Gasteiger partial charge on any atom is -0.349 e. The number of hydrogen-bond donors (Lipinski definition) is 3. The van der Waals surface area contributed by atoms with Crippen molar-refractivity contribution in [1.29, 1.82) is 5.41 Å². The van der Waals surface area contributed by atoms with Crippen LogP contribution in [0.1, 0.15) is 87.4 Å². The molecular weight excluding hydrogens is 402 g/mol. The Labute approximate surface area is 191 Å². The summed E-state index contributed by atoms with van der Waals surface area (Å²) in [5.41, 5.74) is -0.0286. The predicted octanol–water partition coefficient (Wildman–Crippen LogP) is 3.86. The molecular formula is C25H37N5O2. The number of hydrogen-bond acceptors (Lipinski definition) is 4. The van der Waals surface area contributed by atoms with Gasteiger partial charge in [-0.15, -0.1) is 0 Å². The van der Waals surface area contributed by atoms with Crippen LogP contribution < -0.4 is 10.6 Å². The zero-order valence-electron chi connectivity index (χ0n) is 19.2. The van der Waals surface area contributed by atoms with E-state index in [0.29, 0.717) is 17.4 Å². The number of aromatic nitrogens is 1. The molecule has 0 bridgehead atoms. The Balaban J connectivity index is 1.40. The number of nitrogens with one attached hydrogen (secondary N) is 3. The third-order valence-electron chi connectivity index (χ3n) is 7.81. The van der Waals surface area contributed by atoms with Crippen LogP contribution in [-0.2, 0) is 4.79 Å². The Hall–Kier alpha value is -2.44. The molecule has 2 saturated carbocycles. The Bertz CT molecular complexity index is 823. The zero-order chi connectivity index (χ0) is 22.6. The molecule has 7 nitrogen and oxygen atoms in total. The Morgan fingerprint density at radius 3 is 2.56 bits per heavy atom. The van der Waals surface area contributed by atoms with E-state index in [2.05, 4.69) is 15.6 Å². The molecule has 3 N–H and O–H groups in total. The molecule has 174 valence electrons. The maximum Gasteiger partial charge on any atom is 0.254 e. The van der Waals surface area contributed by atoms with Crippen molar-refractivity contribution >= 4 is 17.8 Å². The zero-order valence-corrected chi connectivity index (χ0v) is 19.2. The normalized spacial score (nSPS) is 29.1. The second kappa shape index (κ2) is 10.0. The lowest BCUT2D eigenvalue weighted by molar-refractivity contribution is -0.131. The van der Waals surface area contributed by atoms with E-state index in [1.807, 2.05) is 0 Å². The highest BCUT2D eigenvalue weighted by molar-refractivity contribution is 6.07. The summed E-state index contributed by atoms with van der Waals surface area (Å²) in [6.07, 6.45) is 16.3. The maximum atomic E-state index is 13.3. The standard InChI is InChI=1S/C25H37N5O2/c1-30-23(32)25(29-24(30)26,13-10-18-6-3-2-4-7-18)17-19-8-5-9-21(16-19)28-22(31)20-11-14-27-15-12-20/h11-12,14-15,18-19,21H,2-10,13,16-17H2,1H3,(H2,26,29)(H,28,31)/t19-,21+,25+/m0/s1. The van der Waals surface area contributed by atoms with E-state index >= 15 is 0 Å². The molecule has 0 radical (unpaired) electrons. The van der Waals surface area contributed by atoms with Crippen molar-refractivity contribution in [3.05, 3.63) is 30.1 Å². The molecule has 4 rings (SSSR count). The summed E-state index contributed by atoms with van der Waals surface area (Å²) in [7, 11) is 1.71. The quantitative estimate of drug-likeness (QED) is 0.601. The van der Waals surface area contributed by atoms with Gasteiger partial charge in [0.1, 0.15) is 5.54 Å². The number of nitrogens with zero attached hydrogens (tertiary/aromatic N) is 2. The summed E-state index contributed by atoms with van der Waals surface area (Å²) >= 11 is 0. The first-order valence-electron chi connectivity index (χ1n) is 12.3. The molecule has 1 aromatic heterocycles. The molecule has 7 heteroatoms. The number of pyridine rings is 1. The Morgan fingerprint density at radius 1 is 1.16 bits per heavy atom. The smallest absolute Gasteiger partial charge is 0.254 e. The molecule has 2 heterocycles. The maximum absolute atomic E-state index is 13.3. The van der Waals surface area contributed by atoms with Crippen LogP contribution in [0.4, 0.5) is 0 Å². The van der Waals surface area contributed by atoms with Gasteiger partial charge in [-0.1, -0.05) is 44.9 Å². The highest BCUT2D eigenvalue weighted by atomic mass is 16.2. The number of guanidine groups is 1. The summed E-state index contributed by atoms with van der Waals surface area (Å²) in [4.78, 5) is 31.3. The molecule has 3 atom stereocenters. The number of carbonyl (C=O) groups excluding carboxylic acids is 2. The summed E-state index contributed by atoms with van der Waals surface area (Å²) < 4.78 is 0. The lowest BCUT2D eigenvalue weighted by Gasteiger charge is -2.36. The van der Waals surface area contributed by atoms with Gasteiger partial charge in [-0.05, 0) is 56.1 Å². The van der Waals surface area contributed by atoms with Crippen LogP contribution in [0, 0.1) is 17.2 Å². The molecule has 1 aliphatic heterocycles. The monoisotopic (exact) mass is 439 g/mol. The largest absolute Gasteiger partial charge is 0.349 e. The molecule has 32 heavy (non-hydrogen) atoms. The molecule has 2 aliphatic carbocycles. The van der Waals surface area contributed by atoms with Crippen molar-refractivity contribution in [3.8, 4) is 0 Å². The van der Waals surface area contributed by atoms with Gasteiger partial charge in [0.15, 0.2) is 5.96 Å². The third kappa shape index (κ3) is 5.13. The van der Waals surface area contributed by atoms with E-state index in [9.17, 15) is 9.59 Å². The summed E-state index contributed by atoms with van der Waals surface area (Å²) in [5, 5.41) is 14.7. The van der Waals surface area contributed by atoms with Gasteiger partial charge in [-0.25, -0.2) is 0 Å². The number of likely N-dealkylation sites (N-methyl/N-ethyl adjacent to an activating group) is 1. The van der Waals surface area contributed by atoms with Gasteiger partial charge in [-0.2, -0.15) is 0 Å². The molecule has 0 aromatic carbocycles. The van der Waals surface area contributed by atoms with Crippen LogP contribution in [0.5, 0.6) is 0 Å². The Kier molecular flexibility index (Phi) is 7.11. The predicted molar refractivity (Wildman–Crippen MR) is 124 cm³/mol. The van der Waals surface area contributed by atoms with Crippen molar-refractivity contribution in [2.75, 3.05) is 7.05 Å². The van der Waals surface area contributed by atoms with Crippen LogP contribution in [0.3, 0.4) is 0 Å². The average molecular weight is 440 g/mol. The topological polar surface area (TPSA) is 98.2 Å². The molecule has 1 saturated heterocycles. The first kappa shape index (κ1) is 22.7. The van der Waals surface area contributed by atoms with E-state index in [1.165, 1.54) is 37.0 Å². The summed E-state index contributed by atoms with van der Waals surface area (Å²) in [6, 6.07) is 3.59. The highest BCUT2D eigenvalue weighted by Gasteiger charge is 2.49.